The minimum Gasteiger partial charge on any atom is -0.497 e. The van der Waals surface area contributed by atoms with Gasteiger partial charge in [-0.3, -0.25) is 4.79 Å². The van der Waals surface area contributed by atoms with Crippen molar-refractivity contribution < 1.29 is 22.7 Å². The van der Waals surface area contributed by atoms with Crippen LogP contribution in [0.15, 0.2) is 24.3 Å². The zero-order valence-electron chi connectivity index (χ0n) is 18.3. The molecule has 2 heterocycles. The molecule has 1 aromatic rings. The lowest BCUT2D eigenvalue weighted by Crippen LogP contribution is -2.58. The highest BCUT2D eigenvalue weighted by Gasteiger charge is 2.45. The molecule has 31 heavy (non-hydrogen) atoms. The van der Waals surface area contributed by atoms with E-state index < -0.39 is 15.6 Å². The Balaban J connectivity index is 1.47. The fourth-order valence-corrected chi connectivity index (χ4v) is 6.62. The van der Waals surface area contributed by atoms with Gasteiger partial charge in [0.15, 0.2) is 0 Å². The summed E-state index contributed by atoms with van der Waals surface area (Å²) in [5, 5.41) is 0. The number of hydrogen-bond acceptors (Lipinski definition) is 5. The number of ether oxygens (including phenoxy) is 2. The van der Waals surface area contributed by atoms with E-state index in [1.54, 1.807) is 7.11 Å². The number of amides is 1. The SMILES string of the molecule is COc1ccc(C2(C(=O)N3CCN(S(=O)(=O)N4CCOCC4)CC3)CCCCC2)cc1. The van der Waals surface area contributed by atoms with Crippen molar-refractivity contribution in [2.75, 3.05) is 59.6 Å². The summed E-state index contributed by atoms with van der Waals surface area (Å²) < 4.78 is 39.5. The van der Waals surface area contributed by atoms with Crippen molar-refractivity contribution in [2.24, 2.45) is 0 Å². The molecule has 3 fully saturated rings. The molecule has 1 amide bonds. The normalized spacial score (nSPS) is 23.5. The van der Waals surface area contributed by atoms with Crippen LogP contribution in [0.4, 0.5) is 0 Å². The Hall–Kier alpha value is -1.68. The maximum atomic E-state index is 13.8. The molecule has 0 N–H and O–H groups in total. The fraction of sp³-hybridized carbons (Fsp3) is 0.682. The van der Waals surface area contributed by atoms with Crippen LogP contribution in [0, 0.1) is 0 Å². The Labute approximate surface area is 185 Å². The first-order chi connectivity index (χ1) is 15.0. The van der Waals surface area contributed by atoms with E-state index in [4.69, 9.17) is 9.47 Å². The standard InChI is InChI=1S/C22H33N3O5S/c1-29-20-7-5-19(6-8-20)22(9-3-2-4-10-22)21(26)23-11-13-24(14-12-23)31(27,28)25-15-17-30-18-16-25/h5-8H,2-4,9-18H2,1H3. The van der Waals surface area contributed by atoms with Crippen molar-refractivity contribution in [3.05, 3.63) is 29.8 Å². The summed E-state index contributed by atoms with van der Waals surface area (Å²) in [5.74, 6) is 0.921. The van der Waals surface area contributed by atoms with E-state index in [-0.39, 0.29) is 5.91 Å². The van der Waals surface area contributed by atoms with Crippen molar-refractivity contribution in [1.29, 1.82) is 0 Å². The summed E-state index contributed by atoms with van der Waals surface area (Å²) in [4.78, 5) is 15.7. The summed E-state index contributed by atoms with van der Waals surface area (Å²) in [7, 11) is -1.86. The number of methoxy groups -OCH3 is 1. The van der Waals surface area contributed by atoms with Crippen LogP contribution in [-0.2, 0) is 25.2 Å². The lowest BCUT2D eigenvalue weighted by Gasteiger charge is -2.43. The van der Waals surface area contributed by atoms with Crippen molar-refractivity contribution in [1.82, 2.24) is 13.5 Å². The molecule has 0 atom stereocenters. The molecule has 1 saturated carbocycles. The summed E-state index contributed by atoms with van der Waals surface area (Å²) in [6.07, 6.45) is 4.89. The van der Waals surface area contributed by atoms with Crippen LogP contribution in [-0.4, -0.2) is 87.4 Å². The van der Waals surface area contributed by atoms with Crippen molar-refractivity contribution >= 4 is 16.1 Å². The third-order valence-electron chi connectivity index (χ3n) is 6.91. The first kappa shape index (κ1) is 22.5. The van der Waals surface area contributed by atoms with Gasteiger partial charge >= 0.3 is 0 Å². The number of rotatable bonds is 5. The second-order valence-corrected chi connectivity index (χ2v) is 10.5. The molecular formula is C22H33N3O5S. The van der Waals surface area contributed by atoms with Gasteiger partial charge in [0, 0.05) is 39.3 Å². The van der Waals surface area contributed by atoms with E-state index in [0.717, 1.165) is 43.4 Å². The second kappa shape index (κ2) is 9.44. The molecule has 172 valence electrons. The van der Waals surface area contributed by atoms with Gasteiger partial charge in [0.1, 0.15) is 5.75 Å². The van der Waals surface area contributed by atoms with Crippen LogP contribution in [0.5, 0.6) is 5.75 Å². The molecule has 9 heteroatoms. The zero-order valence-corrected chi connectivity index (χ0v) is 19.1. The predicted molar refractivity (Wildman–Crippen MR) is 117 cm³/mol. The third kappa shape index (κ3) is 4.46. The lowest BCUT2D eigenvalue weighted by atomic mass is 9.68. The molecule has 8 nitrogen and oxygen atoms in total. The third-order valence-corrected chi connectivity index (χ3v) is 8.94. The Bertz CT molecular complexity index is 854. The maximum Gasteiger partial charge on any atom is 0.282 e. The van der Waals surface area contributed by atoms with Crippen LogP contribution in [0.1, 0.15) is 37.7 Å². The maximum absolute atomic E-state index is 13.8. The topological polar surface area (TPSA) is 79.4 Å². The largest absolute Gasteiger partial charge is 0.497 e. The minimum absolute atomic E-state index is 0.140. The van der Waals surface area contributed by atoms with Gasteiger partial charge in [0.2, 0.25) is 5.91 Å². The smallest absolute Gasteiger partial charge is 0.282 e. The van der Waals surface area contributed by atoms with E-state index >= 15 is 0 Å². The second-order valence-electron chi connectivity index (χ2n) is 8.58. The number of hydrogen-bond donors (Lipinski definition) is 0. The number of carbonyl (C=O) groups excluding carboxylic acids is 1. The molecule has 0 aromatic heterocycles. The predicted octanol–water partition coefficient (Wildman–Crippen LogP) is 1.62. The average Bonchev–Trinajstić information content (AvgIpc) is 2.84. The molecule has 0 radical (unpaired) electrons. The summed E-state index contributed by atoms with van der Waals surface area (Å²) >= 11 is 0. The molecule has 3 aliphatic rings. The zero-order chi connectivity index (χ0) is 21.9. The van der Waals surface area contributed by atoms with Gasteiger partial charge in [-0.05, 0) is 30.5 Å². The van der Waals surface area contributed by atoms with Crippen LogP contribution in [0.25, 0.3) is 0 Å². The number of carbonyl (C=O) groups is 1. The Morgan fingerprint density at radius 1 is 0.903 bits per heavy atom. The van der Waals surface area contributed by atoms with E-state index in [2.05, 4.69) is 0 Å². The Kier molecular flexibility index (Phi) is 6.86. The van der Waals surface area contributed by atoms with Gasteiger partial charge in [0.25, 0.3) is 10.2 Å². The molecule has 4 rings (SSSR count). The number of piperazine rings is 1. The average molecular weight is 452 g/mol. The molecule has 0 spiro atoms. The van der Waals surface area contributed by atoms with Gasteiger partial charge < -0.3 is 14.4 Å². The molecule has 0 bridgehead atoms. The first-order valence-corrected chi connectivity index (χ1v) is 12.6. The number of nitrogens with zero attached hydrogens (tertiary/aromatic N) is 3. The van der Waals surface area contributed by atoms with E-state index in [9.17, 15) is 13.2 Å². The van der Waals surface area contributed by atoms with Gasteiger partial charge in [-0.2, -0.15) is 17.0 Å². The lowest BCUT2D eigenvalue weighted by molar-refractivity contribution is -0.140. The number of benzene rings is 1. The van der Waals surface area contributed by atoms with E-state index in [1.165, 1.54) is 8.61 Å². The van der Waals surface area contributed by atoms with Gasteiger partial charge in [-0.15, -0.1) is 0 Å². The molecule has 1 aromatic carbocycles. The van der Waals surface area contributed by atoms with Gasteiger partial charge in [-0.1, -0.05) is 31.4 Å². The highest BCUT2D eigenvalue weighted by Crippen LogP contribution is 2.41. The monoisotopic (exact) mass is 451 g/mol. The quantitative estimate of drug-likeness (QED) is 0.680. The summed E-state index contributed by atoms with van der Waals surface area (Å²) in [5.41, 5.74) is 0.525. The van der Waals surface area contributed by atoms with Gasteiger partial charge in [-0.25, -0.2) is 0 Å². The molecule has 1 aliphatic carbocycles. The van der Waals surface area contributed by atoms with Crippen LogP contribution in [0.3, 0.4) is 0 Å². The van der Waals surface area contributed by atoms with E-state index in [1.807, 2.05) is 29.2 Å². The summed E-state index contributed by atoms with van der Waals surface area (Å²) in [6.45, 7) is 3.18. The van der Waals surface area contributed by atoms with Crippen LogP contribution in [0.2, 0.25) is 0 Å². The van der Waals surface area contributed by atoms with Crippen molar-refractivity contribution in [3.63, 3.8) is 0 Å². The number of morpholine rings is 1. The molecule has 2 aliphatic heterocycles. The van der Waals surface area contributed by atoms with Crippen LogP contribution < -0.4 is 4.74 Å². The fourth-order valence-electron chi connectivity index (χ4n) is 5.06. The van der Waals surface area contributed by atoms with Crippen molar-refractivity contribution in [2.45, 2.75) is 37.5 Å². The van der Waals surface area contributed by atoms with E-state index in [0.29, 0.717) is 52.5 Å². The van der Waals surface area contributed by atoms with Crippen LogP contribution >= 0.6 is 0 Å². The molecule has 2 saturated heterocycles. The van der Waals surface area contributed by atoms with Crippen molar-refractivity contribution in [3.8, 4) is 5.75 Å². The minimum atomic E-state index is -3.50. The molecular weight excluding hydrogens is 418 g/mol. The highest BCUT2D eigenvalue weighted by atomic mass is 32.2. The molecule has 0 unspecified atom stereocenters. The summed E-state index contributed by atoms with van der Waals surface area (Å²) in [6, 6.07) is 7.88. The first-order valence-electron chi connectivity index (χ1n) is 11.2. The highest BCUT2D eigenvalue weighted by molar-refractivity contribution is 7.86. The van der Waals surface area contributed by atoms with Gasteiger partial charge in [0.05, 0.1) is 25.7 Å². The Morgan fingerprint density at radius 3 is 2.06 bits per heavy atom. The Morgan fingerprint density at radius 2 is 1.48 bits per heavy atom.